The molecule has 0 saturated carbocycles. The monoisotopic (exact) mass is 266 g/mol. The molecule has 19 heavy (non-hydrogen) atoms. The van der Waals surface area contributed by atoms with Crippen LogP contribution >= 0.6 is 0 Å². The minimum Gasteiger partial charge on any atom is -0.380 e. The summed E-state index contributed by atoms with van der Waals surface area (Å²) >= 11 is 0. The maximum absolute atomic E-state index is 5.51. The maximum Gasteiger partial charge on any atom is 0.224 e. The van der Waals surface area contributed by atoms with Gasteiger partial charge in [-0.2, -0.15) is 4.98 Å². The summed E-state index contributed by atoms with van der Waals surface area (Å²) in [6.07, 6.45) is 5.19. The molecular weight excluding hydrogens is 240 g/mol. The van der Waals surface area contributed by atoms with Gasteiger partial charge in [0.25, 0.3) is 0 Å². The molecule has 0 fully saturated rings. The molecule has 0 saturated heterocycles. The highest BCUT2D eigenvalue weighted by molar-refractivity contribution is 5.46. The Balaban J connectivity index is 2.34. The van der Waals surface area contributed by atoms with Gasteiger partial charge in [0.2, 0.25) is 5.95 Å². The highest BCUT2D eigenvalue weighted by Crippen LogP contribution is 2.12. The third-order valence-electron chi connectivity index (χ3n) is 2.69. The second-order valence-electron chi connectivity index (χ2n) is 4.54. The number of unbranched alkanes of at least 4 members (excludes halogenated alkanes) is 1. The van der Waals surface area contributed by atoms with Crippen molar-refractivity contribution in [2.45, 2.75) is 40.0 Å². The van der Waals surface area contributed by atoms with E-state index in [4.69, 9.17) is 4.74 Å². The number of ether oxygens (including phenoxy) is 1. The van der Waals surface area contributed by atoms with E-state index in [2.05, 4.69) is 34.4 Å². The van der Waals surface area contributed by atoms with Gasteiger partial charge >= 0.3 is 0 Å². The number of hydrogen-bond donors (Lipinski definition) is 2. The first-order valence-electron chi connectivity index (χ1n) is 7.17. The maximum atomic E-state index is 5.51. The van der Waals surface area contributed by atoms with Crippen molar-refractivity contribution in [2.75, 3.05) is 36.9 Å². The fourth-order valence-electron chi connectivity index (χ4n) is 1.53. The van der Waals surface area contributed by atoms with Crippen molar-refractivity contribution in [1.82, 2.24) is 9.97 Å². The van der Waals surface area contributed by atoms with E-state index in [1.807, 2.05) is 13.1 Å². The first kappa shape index (κ1) is 15.7. The van der Waals surface area contributed by atoms with Gasteiger partial charge in [-0.25, -0.2) is 4.98 Å². The van der Waals surface area contributed by atoms with Gasteiger partial charge in [-0.05, 0) is 19.8 Å². The van der Waals surface area contributed by atoms with Crippen molar-refractivity contribution >= 4 is 11.8 Å². The molecule has 2 N–H and O–H groups in total. The molecule has 0 unspecified atom stereocenters. The molecule has 5 nitrogen and oxygen atoms in total. The molecule has 0 atom stereocenters. The minimum absolute atomic E-state index is 0.682. The molecule has 108 valence electrons. The van der Waals surface area contributed by atoms with Crippen LogP contribution in [0.5, 0.6) is 0 Å². The third kappa shape index (κ3) is 6.38. The van der Waals surface area contributed by atoms with Crippen LogP contribution in [0.15, 0.2) is 6.20 Å². The molecule has 0 spiro atoms. The summed E-state index contributed by atoms with van der Waals surface area (Å²) < 4.78 is 5.51. The average molecular weight is 266 g/mol. The molecular formula is C14H26N4O. The number of aryl methyl sites for hydroxylation is 1. The van der Waals surface area contributed by atoms with Crippen molar-refractivity contribution in [3.63, 3.8) is 0 Å². The Hall–Kier alpha value is -1.36. The number of nitrogens with one attached hydrogen (secondary N) is 2. The quantitative estimate of drug-likeness (QED) is 0.638. The van der Waals surface area contributed by atoms with Crippen LogP contribution in [0.25, 0.3) is 0 Å². The van der Waals surface area contributed by atoms with Crippen LogP contribution in [0, 0.1) is 6.92 Å². The highest BCUT2D eigenvalue weighted by Gasteiger charge is 2.02. The normalized spacial score (nSPS) is 10.5. The van der Waals surface area contributed by atoms with Crippen LogP contribution in [0.4, 0.5) is 11.8 Å². The molecule has 1 heterocycles. The standard InChI is InChI=1S/C14H26N4O/c1-4-6-9-19-10-8-15-13-12(3)11-17-14(18-13)16-7-5-2/h11H,4-10H2,1-3H3,(H2,15,16,17,18). The lowest BCUT2D eigenvalue weighted by atomic mass is 10.3. The topological polar surface area (TPSA) is 59.1 Å². The van der Waals surface area contributed by atoms with E-state index in [9.17, 15) is 0 Å². The Morgan fingerprint density at radius 2 is 1.95 bits per heavy atom. The van der Waals surface area contributed by atoms with Crippen LogP contribution < -0.4 is 10.6 Å². The Bertz CT molecular complexity index is 357. The van der Waals surface area contributed by atoms with Gasteiger partial charge in [0.05, 0.1) is 6.61 Å². The van der Waals surface area contributed by atoms with Crippen molar-refractivity contribution in [2.24, 2.45) is 0 Å². The summed E-state index contributed by atoms with van der Waals surface area (Å²) in [4.78, 5) is 8.71. The first-order chi connectivity index (χ1) is 9.27. The zero-order valence-electron chi connectivity index (χ0n) is 12.3. The molecule has 1 aromatic heterocycles. The summed E-state index contributed by atoms with van der Waals surface area (Å²) in [5.41, 5.74) is 1.05. The summed E-state index contributed by atoms with van der Waals surface area (Å²) in [6.45, 7) is 9.50. The number of hydrogen-bond acceptors (Lipinski definition) is 5. The fraction of sp³-hybridized carbons (Fsp3) is 0.714. The van der Waals surface area contributed by atoms with Crippen molar-refractivity contribution in [3.8, 4) is 0 Å². The number of aromatic nitrogens is 2. The first-order valence-corrected chi connectivity index (χ1v) is 7.17. The number of anilines is 2. The van der Waals surface area contributed by atoms with Crippen molar-refractivity contribution in [1.29, 1.82) is 0 Å². The van der Waals surface area contributed by atoms with E-state index in [0.29, 0.717) is 12.6 Å². The smallest absolute Gasteiger partial charge is 0.224 e. The molecule has 5 heteroatoms. The predicted octanol–water partition coefficient (Wildman–Crippen LogP) is 2.84. The van der Waals surface area contributed by atoms with Crippen LogP contribution in [-0.2, 0) is 4.74 Å². The molecule has 0 aliphatic heterocycles. The molecule has 0 aromatic carbocycles. The van der Waals surface area contributed by atoms with Gasteiger partial charge in [0.1, 0.15) is 5.82 Å². The van der Waals surface area contributed by atoms with E-state index < -0.39 is 0 Å². The van der Waals surface area contributed by atoms with E-state index in [1.165, 1.54) is 6.42 Å². The molecule has 1 rings (SSSR count). The van der Waals surface area contributed by atoms with E-state index in [0.717, 1.165) is 43.9 Å². The predicted molar refractivity (Wildman–Crippen MR) is 79.8 cm³/mol. The molecule has 0 bridgehead atoms. The lowest BCUT2D eigenvalue weighted by Gasteiger charge is -2.10. The SMILES string of the molecule is CCCCOCCNc1nc(NCCC)ncc1C. The van der Waals surface area contributed by atoms with Crippen LogP contribution in [0.3, 0.4) is 0 Å². The Labute approximate surface area is 116 Å². The Kier molecular flexibility index (Phi) is 7.89. The van der Waals surface area contributed by atoms with Crippen LogP contribution in [0.1, 0.15) is 38.7 Å². The van der Waals surface area contributed by atoms with Gasteiger partial charge < -0.3 is 15.4 Å². The van der Waals surface area contributed by atoms with E-state index in [1.54, 1.807) is 0 Å². The highest BCUT2D eigenvalue weighted by atomic mass is 16.5. The summed E-state index contributed by atoms with van der Waals surface area (Å²) in [6, 6.07) is 0. The second kappa shape index (κ2) is 9.55. The minimum atomic E-state index is 0.682. The van der Waals surface area contributed by atoms with Gasteiger partial charge in [0.15, 0.2) is 0 Å². The molecule has 0 amide bonds. The number of nitrogens with zero attached hydrogens (tertiary/aromatic N) is 2. The van der Waals surface area contributed by atoms with Crippen LogP contribution in [-0.4, -0.2) is 36.3 Å². The molecule has 0 aliphatic carbocycles. The molecule has 1 aromatic rings. The lowest BCUT2D eigenvalue weighted by molar-refractivity contribution is 0.141. The molecule has 0 radical (unpaired) electrons. The third-order valence-corrected chi connectivity index (χ3v) is 2.69. The van der Waals surface area contributed by atoms with Crippen LogP contribution in [0.2, 0.25) is 0 Å². The van der Waals surface area contributed by atoms with E-state index >= 15 is 0 Å². The largest absolute Gasteiger partial charge is 0.380 e. The number of rotatable bonds is 10. The van der Waals surface area contributed by atoms with Crippen molar-refractivity contribution < 1.29 is 4.74 Å². The van der Waals surface area contributed by atoms with Gasteiger partial charge in [-0.15, -0.1) is 0 Å². The molecule has 0 aliphatic rings. The summed E-state index contributed by atoms with van der Waals surface area (Å²) in [7, 11) is 0. The average Bonchev–Trinajstić information content (AvgIpc) is 2.43. The lowest BCUT2D eigenvalue weighted by Crippen LogP contribution is -2.13. The van der Waals surface area contributed by atoms with Gasteiger partial charge in [-0.1, -0.05) is 20.3 Å². The van der Waals surface area contributed by atoms with Crippen molar-refractivity contribution in [3.05, 3.63) is 11.8 Å². The summed E-state index contributed by atoms with van der Waals surface area (Å²) in [5, 5.41) is 6.48. The van der Waals surface area contributed by atoms with Gasteiger partial charge in [-0.3, -0.25) is 0 Å². The second-order valence-corrected chi connectivity index (χ2v) is 4.54. The Morgan fingerprint density at radius 1 is 1.11 bits per heavy atom. The Morgan fingerprint density at radius 3 is 2.68 bits per heavy atom. The zero-order valence-corrected chi connectivity index (χ0v) is 12.3. The van der Waals surface area contributed by atoms with Gasteiger partial charge in [0, 0.05) is 31.5 Å². The van der Waals surface area contributed by atoms with E-state index in [-0.39, 0.29) is 0 Å². The fourth-order valence-corrected chi connectivity index (χ4v) is 1.53. The summed E-state index contributed by atoms with van der Waals surface area (Å²) in [5.74, 6) is 1.56. The zero-order chi connectivity index (χ0) is 13.9.